The Balaban J connectivity index is 1.57. The molecule has 1 aromatic heterocycles. The number of carbonyl (C=O) groups excluding carboxylic acids is 1. The molecule has 28 heavy (non-hydrogen) atoms. The third-order valence-corrected chi connectivity index (χ3v) is 6.16. The Bertz CT molecular complexity index is 902. The van der Waals surface area contributed by atoms with E-state index in [9.17, 15) is 14.3 Å². The van der Waals surface area contributed by atoms with E-state index in [1.165, 1.54) is 0 Å². The fourth-order valence-corrected chi connectivity index (χ4v) is 4.86. The molecule has 6 nitrogen and oxygen atoms in total. The Morgan fingerprint density at radius 1 is 1.36 bits per heavy atom. The number of nitrogens with one attached hydrogen (secondary N) is 1. The first-order valence-corrected chi connectivity index (χ1v) is 9.67. The fourth-order valence-electron chi connectivity index (χ4n) is 4.86. The van der Waals surface area contributed by atoms with Gasteiger partial charge < -0.3 is 15.3 Å². The van der Waals surface area contributed by atoms with Gasteiger partial charge in [-0.25, -0.2) is 19.2 Å². The molecule has 2 saturated heterocycles. The molecule has 3 heterocycles. The van der Waals surface area contributed by atoms with E-state index in [0.29, 0.717) is 17.4 Å². The molecule has 148 valence electrons. The van der Waals surface area contributed by atoms with E-state index in [4.69, 9.17) is 0 Å². The number of aliphatic hydroxyl groups is 1. The quantitative estimate of drug-likeness (QED) is 0.845. The molecule has 2 fully saturated rings. The minimum atomic E-state index is -0.571. The number of carbonyl (C=O) groups is 1. The van der Waals surface area contributed by atoms with Crippen LogP contribution in [0.2, 0.25) is 0 Å². The van der Waals surface area contributed by atoms with Crippen LogP contribution < -0.4 is 5.32 Å². The van der Waals surface area contributed by atoms with Crippen molar-refractivity contribution in [1.29, 1.82) is 0 Å². The zero-order chi connectivity index (χ0) is 20.1. The molecule has 7 heteroatoms. The van der Waals surface area contributed by atoms with Crippen LogP contribution in [0.15, 0.2) is 30.6 Å². The van der Waals surface area contributed by atoms with Gasteiger partial charge in [0.15, 0.2) is 11.6 Å². The molecular weight excluding hydrogens is 359 g/mol. The summed E-state index contributed by atoms with van der Waals surface area (Å²) in [6.45, 7) is 5.86. The SMILES string of the molecule is Cc1ccc(NC(=O)N2[C@H]3C[C@@H](C)C[C@]2([C@H](C)O)C3)cc1-c1ncc(F)cn1. The Morgan fingerprint density at radius 2 is 2.07 bits per heavy atom. The highest BCUT2D eigenvalue weighted by atomic mass is 19.1. The second-order valence-corrected chi connectivity index (χ2v) is 8.24. The number of hydrogen-bond acceptors (Lipinski definition) is 4. The predicted octanol–water partition coefficient (Wildman–Crippen LogP) is 3.75. The number of rotatable bonds is 3. The topological polar surface area (TPSA) is 78.4 Å². The molecular formula is C21H25FN4O2. The number of amides is 2. The number of aryl methyl sites for hydroxylation is 1. The molecule has 2 amide bonds. The van der Waals surface area contributed by atoms with Crippen LogP contribution in [0.1, 0.15) is 38.7 Å². The smallest absolute Gasteiger partial charge is 0.322 e. The van der Waals surface area contributed by atoms with Gasteiger partial charge in [0, 0.05) is 17.3 Å². The molecule has 0 aliphatic carbocycles. The number of aliphatic hydroxyl groups excluding tert-OH is 1. The van der Waals surface area contributed by atoms with Gasteiger partial charge in [0.25, 0.3) is 0 Å². The van der Waals surface area contributed by atoms with Crippen molar-refractivity contribution in [3.05, 3.63) is 42.0 Å². The van der Waals surface area contributed by atoms with Crippen molar-refractivity contribution < 1.29 is 14.3 Å². The number of aromatic nitrogens is 2. The lowest BCUT2D eigenvalue weighted by Crippen LogP contribution is -2.76. The van der Waals surface area contributed by atoms with Crippen molar-refractivity contribution in [1.82, 2.24) is 14.9 Å². The number of piperidine rings is 1. The molecule has 0 spiro atoms. The Morgan fingerprint density at radius 3 is 2.75 bits per heavy atom. The van der Waals surface area contributed by atoms with Crippen LogP contribution in [-0.2, 0) is 0 Å². The summed E-state index contributed by atoms with van der Waals surface area (Å²) in [6, 6.07) is 5.48. The van der Waals surface area contributed by atoms with Crippen molar-refractivity contribution >= 4 is 11.7 Å². The minimum Gasteiger partial charge on any atom is -0.391 e. The molecule has 4 rings (SSSR count). The number of fused-ring (bicyclic) bond motifs is 2. The summed E-state index contributed by atoms with van der Waals surface area (Å²) in [4.78, 5) is 22.9. The standard InChI is InChI=1S/C21H25FN4O2/c1-12-6-17-9-21(8-12,14(3)27)26(17)20(28)25-16-5-4-13(2)18(7-16)19-23-10-15(22)11-24-19/h4-5,7,10-12,14,17,27H,6,8-9H2,1-3H3,(H,25,28)/t12-,14+,17+,21-/m1/s1. The van der Waals surface area contributed by atoms with Gasteiger partial charge in [0.2, 0.25) is 0 Å². The highest BCUT2D eigenvalue weighted by molar-refractivity contribution is 5.92. The van der Waals surface area contributed by atoms with E-state index in [1.807, 2.05) is 24.0 Å². The largest absolute Gasteiger partial charge is 0.391 e. The monoisotopic (exact) mass is 384 g/mol. The highest BCUT2D eigenvalue weighted by Gasteiger charge is 2.60. The highest BCUT2D eigenvalue weighted by Crippen LogP contribution is 2.51. The van der Waals surface area contributed by atoms with Crippen LogP contribution >= 0.6 is 0 Å². The van der Waals surface area contributed by atoms with Gasteiger partial charge in [-0.15, -0.1) is 0 Å². The van der Waals surface area contributed by atoms with Crippen molar-refractivity contribution in [2.45, 2.75) is 57.7 Å². The van der Waals surface area contributed by atoms with Gasteiger partial charge in [-0.2, -0.15) is 0 Å². The third-order valence-electron chi connectivity index (χ3n) is 6.16. The maximum Gasteiger partial charge on any atom is 0.322 e. The van der Waals surface area contributed by atoms with Gasteiger partial charge in [-0.05, 0) is 56.7 Å². The van der Waals surface area contributed by atoms with E-state index in [2.05, 4.69) is 22.2 Å². The first kappa shape index (κ1) is 18.8. The maximum atomic E-state index is 13.1. The number of halogens is 1. The Kier molecular flexibility index (Phi) is 4.57. The summed E-state index contributed by atoms with van der Waals surface area (Å²) in [5.74, 6) is 0.414. The second-order valence-electron chi connectivity index (χ2n) is 8.24. The number of anilines is 1. The number of hydrogen-bond donors (Lipinski definition) is 2. The third kappa shape index (κ3) is 3.03. The minimum absolute atomic E-state index is 0.170. The Hall–Kier alpha value is -2.54. The van der Waals surface area contributed by atoms with Crippen LogP contribution in [-0.4, -0.2) is 43.7 Å². The molecule has 2 N–H and O–H groups in total. The molecule has 0 radical (unpaired) electrons. The average molecular weight is 384 g/mol. The van der Waals surface area contributed by atoms with Crippen molar-refractivity contribution in [2.24, 2.45) is 5.92 Å². The van der Waals surface area contributed by atoms with Crippen molar-refractivity contribution in [3.8, 4) is 11.4 Å². The van der Waals surface area contributed by atoms with E-state index < -0.39 is 17.5 Å². The Labute approximate surface area is 163 Å². The predicted molar refractivity (Wildman–Crippen MR) is 104 cm³/mol. The zero-order valence-electron chi connectivity index (χ0n) is 16.3. The van der Waals surface area contributed by atoms with Gasteiger partial charge in [0.1, 0.15) is 0 Å². The summed E-state index contributed by atoms with van der Waals surface area (Å²) in [5, 5.41) is 13.3. The average Bonchev–Trinajstić information content (AvgIpc) is 2.63. The van der Waals surface area contributed by atoms with E-state index in [1.54, 1.807) is 13.0 Å². The van der Waals surface area contributed by atoms with Crippen LogP contribution in [0.25, 0.3) is 11.4 Å². The summed E-state index contributed by atoms with van der Waals surface area (Å²) >= 11 is 0. The van der Waals surface area contributed by atoms with Gasteiger partial charge >= 0.3 is 6.03 Å². The molecule has 0 saturated carbocycles. The van der Waals surface area contributed by atoms with Gasteiger partial charge in [-0.1, -0.05) is 13.0 Å². The lowest BCUT2D eigenvalue weighted by atomic mass is 9.62. The number of urea groups is 1. The summed E-state index contributed by atoms with van der Waals surface area (Å²) in [5.41, 5.74) is 1.82. The van der Waals surface area contributed by atoms with Gasteiger partial charge in [-0.3, -0.25) is 0 Å². The first-order chi connectivity index (χ1) is 13.3. The van der Waals surface area contributed by atoms with E-state index in [0.717, 1.165) is 42.8 Å². The lowest BCUT2D eigenvalue weighted by Gasteiger charge is -2.64. The fraction of sp³-hybridized carbons (Fsp3) is 0.476. The first-order valence-electron chi connectivity index (χ1n) is 9.67. The van der Waals surface area contributed by atoms with Crippen molar-refractivity contribution in [2.75, 3.05) is 5.32 Å². The normalized spacial score (nSPS) is 27.1. The second kappa shape index (κ2) is 6.81. The van der Waals surface area contributed by atoms with Crippen LogP contribution in [0.5, 0.6) is 0 Å². The van der Waals surface area contributed by atoms with Crippen molar-refractivity contribution in [3.63, 3.8) is 0 Å². The molecule has 1 aromatic carbocycles. The summed E-state index contributed by atoms with van der Waals surface area (Å²) in [6.07, 6.45) is 4.31. The molecule has 2 aliphatic rings. The molecule has 4 atom stereocenters. The molecule has 2 aromatic rings. The number of nitrogens with zero attached hydrogens (tertiary/aromatic N) is 3. The lowest BCUT2D eigenvalue weighted by molar-refractivity contribution is -0.146. The summed E-state index contributed by atoms with van der Waals surface area (Å²) < 4.78 is 13.1. The van der Waals surface area contributed by atoms with E-state index >= 15 is 0 Å². The zero-order valence-corrected chi connectivity index (χ0v) is 16.3. The van der Waals surface area contributed by atoms with Crippen LogP contribution in [0.3, 0.4) is 0 Å². The van der Waals surface area contributed by atoms with Crippen LogP contribution in [0, 0.1) is 18.7 Å². The maximum absolute atomic E-state index is 13.1. The van der Waals surface area contributed by atoms with E-state index in [-0.39, 0.29) is 12.1 Å². The van der Waals surface area contributed by atoms with Crippen LogP contribution in [0.4, 0.5) is 14.9 Å². The number of benzene rings is 1. The molecule has 2 aliphatic heterocycles. The molecule has 2 bridgehead atoms. The van der Waals surface area contributed by atoms with Gasteiger partial charge in [0.05, 0.1) is 24.0 Å². The molecule has 0 unspecified atom stereocenters. The summed E-state index contributed by atoms with van der Waals surface area (Å²) in [7, 11) is 0.